The van der Waals surface area contributed by atoms with Gasteiger partial charge in [0.15, 0.2) is 11.5 Å². The van der Waals surface area contributed by atoms with E-state index < -0.39 is 29.4 Å². The van der Waals surface area contributed by atoms with Crippen LogP contribution in [0.15, 0.2) is 65.6 Å². The van der Waals surface area contributed by atoms with Crippen molar-refractivity contribution in [3.05, 3.63) is 91.9 Å². The Bertz CT molecular complexity index is 1400. The maximum atomic E-state index is 13.3. The van der Waals surface area contributed by atoms with Crippen LogP contribution in [0.25, 0.3) is 6.08 Å². The maximum absolute atomic E-state index is 13.3. The van der Waals surface area contributed by atoms with Crippen LogP contribution in [0.5, 0.6) is 11.5 Å². The summed E-state index contributed by atoms with van der Waals surface area (Å²) in [4.78, 5) is 38.6. The van der Waals surface area contributed by atoms with Crippen LogP contribution in [0.3, 0.4) is 0 Å². The molecule has 7 nitrogen and oxygen atoms in total. The van der Waals surface area contributed by atoms with E-state index >= 15 is 0 Å². The highest BCUT2D eigenvalue weighted by Crippen LogP contribution is 2.37. The van der Waals surface area contributed by atoms with Crippen LogP contribution in [0.4, 0.5) is 19.3 Å². The first kappa shape index (κ1) is 26.6. The predicted octanol–water partition coefficient (Wildman–Crippen LogP) is 5.83. The van der Waals surface area contributed by atoms with E-state index in [1.165, 1.54) is 43.5 Å². The van der Waals surface area contributed by atoms with E-state index in [4.69, 9.17) is 9.47 Å². The van der Waals surface area contributed by atoms with E-state index in [-0.39, 0.29) is 23.0 Å². The lowest BCUT2D eigenvalue weighted by Gasteiger charge is -2.14. The summed E-state index contributed by atoms with van der Waals surface area (Å²) in [6.45, 7) is -0.307. The van der Waals surface area contributed by atoms with Crippen molar-refractivity contribution in [1.82, 2.24) is 4.90 Å². The zero-order valence-corrected chi connectivity index (χ0v) is 22.3. The number of thioether (sulfide) groups is 1. The summed E-state index contributed by atoms with van der Waals surface area (Å²) in [5.41, 5.74) is 1.58. The number of ether oxygens (including phenoxy) is 2. The van der Waals surface area contributed by atoms with Gasteiger partial charge in [-0.2, -0.15) is 0 Å². The Morgan fingerprint density at radius 3 is 2.54 bits per heavy atom. The molecule has 3 aromatic rings. The van der Waals surface area contributed by atoms with Gasteiger partial charge in [0.05, 0.1) is 15.6 Å². The highest BCUT2D eigenvalue weighted by atomic mass is 127. The number of halogens is 3. The molecule has 0 radical (unpaired) electrons. The van der Waals surface area contributed by atoms with Crippen LogP contribution in [-0.4, -0.2) is 35.6 Å². The van der Waals surface area contributed by atoms with Gasteiger partial charge < -0.3 is 14.8 Å². The minimum Gasteiger partial charge on any atom is -0.493 e. The van der Waals surface area contributed by atoms with E-state index in [9.17, 15) is 23.2 Å². The second kappa shape index (κ2) is 11.7. The van der Waals surface area contributed by atoms with E-state index in [0.717, 1.165) is 16.5 Å². The molecule has 190 valence electrons. The zero-order valence-electron chi connectivity index (χ0n) is 19.3. The lowest BCUT2D eigenvalue weighted by atomic mass is 10.1. The van der Waals surface area contributed by atoms with Crippen LogP contribution >= 0.6 is 34.4 Å². The molecule has 3 amide bonds. The minimum atomic E-state index is -0.631. The van der Waals surface area contributed by atoms with E-state index in [1.807, 2.05) is 0 Å². The average molecular weight is 636 g/mol. The van der Waals surface area contributed by atoms with E-state index in [2.05, 4.69) is 27.9 Å². The second-order valence-electron chi connectivity index (χ2n) is 7.78. The van der Waals surface area contributed by atoms with Gasteiger partial charge in [0.1, 0.15) is 24.8 Å². The number of nitrogens with one attached hydrogen (secondary N) is 1. The molecule has 1 aliphatic rings. The van der Waals surface area contributed by atoms with Gasteiger partial charge in [0, 0.05) is 5.69 Å². The standard InChI is InChI=1S/C26H19F2IN2O5S/c1-35-21-10-16(9-20(29)24(21)36-14-15-5-7-17(27)8-6-15)11-22-25(33)31(26(34)37-22)13-23(32)30-19-4-2-3-18(28)12-19/h2-12H,13-14H2,1H3,(H,30,32)/b22-11+. The van der Waals surface area contributed by atoms with Crippen molar-refractivity contribution < 1.29 is 32.6 Å². The molecule has 0 spiro atoms. The molecule has 11 heteroatoms. The molecule has 0 atom stereocenters. The topological polar surface area (TPSA) is 84.9 Å². The lowest BCUT2D eigenvalue weighted by Crippen LogP contribution is -2.36. The summed E-state index contributed by atoms with van der Waals surface area (Å²) in [5.74, 6) is -1.22. The Hall–Kier alpha value is -3.45. The highest BCUT2D eigenvalue weighted by Gasteiger charge is 2.36. The summed E-state index contributed by atoms with van der Waals surface area (Å²) in [7, 11) is 1.48. The van der Waals surface area contributed by atoms with Crippen LogP contribution < -0.4 is 14.8 Å². The quantitative estimate of drug-likeness (QED) is 0.248. The Labute approximate surface area is 229 Å². The monoisotopic (exact) mass is 636 g/mol. The van der Waals surface area contributed by atoms with Gasteiger partial charge >= 0.3 is 0 Å². The molecule has 0 unspecified atom stereocenters. The van der Waals surface area contributed by atoms with Crippen molar-refractivity contribution in [1.29, 1.82) is 0 Å². The number of hydrogen-bond acceptors (Lipinski definition) is 6. The maximum Gasteiger partial charge on any atom is 0.294 e. The Morgan fingerprint density at radius 2 is 1.84 bits per heavy atom. The summed E-state index contributed by atoms with van der Waals surface area (Å²) >= 11 is 2.78. The van der Waals surface area contributed by atoms with Gasteiger partial charge in [0.25, 0.3) is 11.1 Å². The molecule has 3 aromatic carbocycles. The summed E-state index contributed by atoms with van der Waals surface area (Å²) in [6, 6.07) is 14.7. The first-order valence-corrected chi connectivity index (χ1v) is 12.7. The van der Waals surface area contributed by atoms with E-state index in [0.29, 0.717) is 32.4 Å². The number of amides is 3. The molecule has 1 saturated heterocycles. The van der Waals surface area contributed by atoms with Crippen LogP contribution in [-0.2, 0) is 16.2 Å². The molecule has 0 aromatic heterocycles. The largest absolute Gasteiger partial charge is 0.493 e. The van der Waals surface area contributed by atoms with Gasteiger partial charge in [0.2, 0.25) is 5.91 Å². The number of anilines is 1. The molecular weight excluding hydrogens is 617 g/mol. The third-order valence-electron chi connectivity index (χ3n) is 5.13. The van der Waals surface area contributed by atoms with Gasteiger partial charge in [-0.05, 0) is 94.0 Å². The number of nitrogens with zero attached hydrogens (tertiary/aromatic N) is 1. The van der Waals surface area contributed by atoms with E-state index in [1.54, 1.807) is 24.3 Å². The SMILES string of the molecule is COc1cc(/C=C2/SC(=O)N(CC(=O)Nc3cccc(F)c3)C2=O)cc(I)c1OCc1ccc(F)cc1. The smallest absolute Gasteiger partial charge is 0.294 e. The van der Waals surface area contributed by atoms with Crippen molar-refractivity contribution in [2.45, 2.75) is 6.61 Å². The number of hydrogen-bond donors (Lipinski definition) is 1. The normalized spacial score (nSPS) is 14.3. The second-order valence-corrected chi connectivity index (χ2v) is 9.93. The molecular formula is C26H19F2IN2O5S. The lowest BCUT2D eigenvalue weighted by molar-refractivity contribution is -0.127. The van der Waals surface area contributed by atoms with Crippen molar-refractivity contribution in [3.8, 4) is 11.5 Å². The molecule has 0 saturated carbocycles. The fourth-order valence-electron chi connectivity index (χ4n) is 3.40. The first-order valence-electron chi connectivity index (χ1n) is 10.8. The van der Waals surface area contributed by atoms with Gasteiger partial charge in [-0.3, -0.25) is 19.3 Å². The third kappa shape index (κ3) is 6.66. The van der Waals surface area contributed by atoms with Crippen molar-refractivity contribution >= 4 is 63.2 Å². The van der Waals surface area contributed by atoms with Crippen LogP contribution in [0, 0.1) is 15.2 Å². The summed E-state index contributed by atoms with van der Waals surface area (Å²) in [6.07, 6.45) is 1.53. The Kier molecular flexibility index (Phi) is 8.44. The molecule has 4 rings (SSSR count). The van der Waals surface area contributed by atoms with Crippen LogP contribution in [0.2, 0.25) is 0 Å². The summed E-state index contributed by atoms with van der Waals surface area (Å²) < 4.78 is 38.5. The molecule has 1 N–H and O–H groups in total. The number of carbonyl (C=O) groups excluding carboxylic acids is 3. The number of imide groups is 1. The Balaban J connectivity index is 1.46. The molecule has 37 heavy (non-hydrogen) atoms. The van der Waals surface area contributed by atoms with Crippen LogP contribution in [0.1, 0.15) is 11.1 Å². The summed E-state index contributed by atoms with van der Waals surface area (Å²) in [5, 5.41) is 1.88. The minimum absolute atomic E-state index is 0.140. The number of carbonyl (C=O) groups is 3. The predicted molar refractivity (Wildman–Crippen MR) is 144 cm³/mol. The zero-order chi connectivity index (χ0) is 26.5. The van der Waals surface area contributed by atoms with Gasteiger partial charge in [-0.1, -0.05) is 18.2 Å². The van der Waals surface area contributed by atoms with Crippen molar-refractivity contribution in [2.24, 2.45) is 0 Å². The van der Waals surface area contributed by atoms with Gasteiger partial charge in [-0.15, -0.1) is 0 Å². The molecule has 0 bridgehead atoms. The highest BCUT2D eigenvalue weighted by molar-refractivity contribution is 14.1. The van der Waals surface area contributed by atoms with Crippen molar-refractivity contribution in [3.63, 3.8) is 0 Å². The first-order chi connectivity index (χ1) is 17.7. The molecule has 1 aliphatic heterocycles. The molecule has 1 heterocycles. The fourth-order valence-corrected chi connectivity index (χ4v) is 5.02. The molecule has 0 aliphatic carbocycles. The Morgan fingerprint density at radius 1 is 1.08 bits per heavy atom. The number of methoxy groups -OCH3 is 1. The molecule has 1 fully saturated rings. The number of benzene rings is 3. The van der Waals surface area contributed by atoms with Gasteiger partial charge in [-0.25, -0.2) is 8.78 Å². The number of rotatable bonds is 8. The average Bonchev–Trinajstić information content (AvgIpc) is 3.11. The fraction of sp³-hybridized carbons (Fsp3) is 0.115. The van der Waals surface area contributed by atoms with Crippen molar-refractivity contribution in [2.75, 3.05) is 19.0 Å². The third-order valence-corrected chi connectivity index (χ3v) is 6.84.